The predicted molar refractivity (Wildman–Crippen MR) is 69.3 cm³/mol. The van der Waals surface area contributed by atoms with Crippen LogP contribution in [0.3, 0.4) is 0 Å². The van der Waals surface area contributed by atoms with Gasteiger partial charge in [-0.1, -0.05) is 0 Å². The number of piperazine rings is 1. The molecule has 1 aromatic carbocycles. The summed E-state index contributed by atoms with van der Waals surface area (Å²) in [6.07, 6.45) is -4.31. The molecule has 2 N–H and O–H groups in total. The molecule has 1 amide bonds. The fourth-order valence-corrected chi connectivity index (χ4v) is 2.25. The summed E-state index contributed by atoms with van der Waals surface area (Å²) in [6, 6.07) is 5.13. The Bertz CT molecular complexity index is 465. The van der Waals surface area contributed by atoms with Crippen molar-refractivity contribution in [3.63, 3.8) is 0 Å². The van der Waals surface area contributed by atoms with Crippen molar-refractivity contribution in [2.75, 3.05) is 37.6 Å². The fourth-order valence-electron chi connectivity index (χ4n) is 2.25. The summed E-state index contributed by atoms with van der Waals surface area (Å²) >= 11 is 0. The highest BCUT2D eigenvalue weighted by atomic mass is 19.4. The summed E-state index contributed by atoms with van der Waals surface area (Å²) in [5, 5.41) is 0. The number of anilines is 1. The number of alkyl halides is 3. The lowest BCUT2D eigenvalue weighted by atomic mass is 10.1. The molecule has 0 spiro atoms. The molecule has 1 aliphatic rings. The van der Waals surface area contributed by atoms with Crippen molar-refractivity contribution in [1.82, 2.24) is 4.90 Å². The Kier molecular flexibility index (Phi) is 4.17. The lowest BCUT2D eigenvalue weighted by Crippen LogP contribution is -2.48. The number of carbonyl (C=O) groups is 1. The second kappa shape index (κ2) is 5.70. The average Bonchev–Trinajstić information content (AvgIpc) is 2.38. The van der Waals surface area contributed by atoms with Crippen LogP contribution in [0.4, 0.5) is 18.9 Å². The van der Waals surface area contributed by atoms with Gasteiger partial charge < -0.3 is 10.6 Å². The monoisotopic (exact) mass is 287 g/mol. The number of benzene rings is 1. The second-order valence-electron chi connectivity index (χ2n) is 4.77. The fraction of sp³-hybridized carbons (Fsp3) is 0.462. The largest absolute Gasteiger partial charge is 0.416 e. The SMILES string of the molecule is NC(=O)CN1CCN(c2ccc(C(F)(F)F)cc2)CC1. The molecule has 1 aromatic rings. The topological polar surface area (TPSA) is 49.6 Å². The molecule has 1 aliphatic heterocycles. The Morgan fingerprint density at radius 1 is 1.10 bits per heavy atom. The molecule has 4 nitrogen and oxygen atoms in total. The van der Waals surface area contributed by atoms with Crippen molar-refractivity contribution in [2.24, 2.45) is 5.73 Å². The maximum atomic E-state index is 12.5. The maximum absolute atomic E-state index is 12.5. The second-order valence-corrected chi connectivity index (χ2v) is 4.77. The van der Waals surface area contributed by atoms with Crippen molar-refractivity contribution >= 4 is 11.6 Å². The Morgan fingerprint density at radius 2 is 1.65 bits per heavy atom. The van der Waals surface area contributed by atoms with E-state index in [1.807, 2.05) is 9.80 Å². The molecule has 0 radical (unpaired) electrons. The molecule has 1 saturated heterocycles. The lowest BCUT2D eigenvalue weighted by molar-refractivity contribution is -0.137. The standard InChI is InChI=1S/C13H16F3N3O/c14-13(15,16)10-1-3-11(4-2-10)19-7-5-18(6-8-19)9-12(17)20/h1-4H,5-9H2,(H2,17,20). The van der Waals surface area contributed by atoms with E-state index in [-0.39, 0.29) is 12.5 Å². The van der Waals surface area contributed by atoms with Gasteiger partial charge in [-0.2, -0.15) is 13.2 Å². The summed E-state index contributed by atoms with van der Waals surface area (Å²) in [6.45, 7) is 2.89. The quantitative estimate of drug-likeness (QED) is 0.912. The highest BCUT2D eigenvalue weighted by Crippen LogP contribution is 2.30. The third-order valence-corrected chi connectivity index (χ3v) is 3.31. The number of halogens is 3. The van der Waals surface area contributed by atoms with E-state index >= 15 is 0 Å². The first-order valence-electron chi connectivity index (χ1n) is 6.29. The van der Waals surface area contributed by atoms with Gasteiger partial charge in [-0.15, -0.1) is 0 Å². The molecule has 0 unspecified atom stereocenters. The smallest absolute Gasteiger partial charge is 0.369 e. The van der Waals surface area contributed by atoms with E-state index in [9.17, 15) is 18.0 Å². The molecule has 0 bridgehead atoms. The number of nitrogens with two attached hydrogens (primary N) is 1. The van der Waals surface area contributed by atoms with Gasteiger partial charge in [-0.25, -0.2) is 0 Å². The van der Waals surface area contributed by atoms with Gasteiger partial charge in [0, 0.05) is 31.9 Å². The molecule has 2 rings (SSSR count). The van der Waals surface area contributed by atoms with E-state index in [2.05, 4.69) is 0 Å². The molecule has 0 atom stereocenters. The van der Waals surface area contributed by atoms with Crippen LogP contribution in [-0.2, 0) is 11.0 Å². The molecule has 7 heteroatoms. The predicted octanol–water partition coefficient (Wildman–Crippen LogP) is 1.31. The molecular weight excluding hydrogens is 271 g/mol. The zero-order chi connectivity index (χ0) is 14.8. The number of rotatable bonds is 3. The molecular formula is C13H16F3N3O. The van der Waals surface area contributed by atoms with Crippen molar-refractivity contribution in [3.05, 3.63) is 29.8 Å². The van der Waals surface area contributed by atoms with E-state index in [0.29, 0.717) is 26.2 Å². The van der Waals surface area contributed by atoms with Crippen LogP contribution < -0.4 is 10.6 Å². The van der Waals surface area contributed by atoms with Crippen LogP contribution in [0, 0.1) is 0 Å². The molecule has 1 heterocycles. The van der Waals surface area contributed by atoms with Crippen molar-refractivity contribution in [1.29, 1.82) is 0 Å². The Labute approximate surface area is 114 Å². The first-order valence-corrected chi connectivity index (χ1v) is 6.29. The summed E-state index contributed by atoms with van der Waals surface area (Å²) in [5.74, 6) is -0.368. The number of nitrogens with zero attached hydrogens (tertiary/aromatic N) is 2. The molecule has 1 fully saturated rings. The van der Waals surface area contributed by atoms with E-state index in [1.165, 1.54) is 12.1 Å². The number of hydrogen-bond acceptors (Lipinski definition) is 3. The third kappa shape index (κ3) is 3.63. The van der Waals surface area contributed by atoms with Crippen LogP contribution in [0.15, 0.2) is 24.3 Å². The van der Waals surface area contributed by atoms with Crippen LogP contribution in [0.5, 0.6) is 0 Å². The van der Waals surface area contributed by atoms with Gasteiger partial charge in [0.25, 0.3) is 0 Å². The Morgan fingerprint density at radius 3 is 2.10 bits per heavy atom. The van der Waals surface area contributed by atoms with Crippen LogP contribution in [0.2, 0.25) is 0 Å². The summed E-state index contributed by atoms with van der Waals surface area (Å²) < 4.78 is 37.4. The summed E-state index contributed by atoms with van der Waals surface area (Å²) in [4.78, 5) is 14.7. The summed E-state index contributed by atoms with van der Waals surface area (Å²) in [7, 11) is 0. The van der Waals surface area contributed by atoms with Crippen LogP contribution >= 0.6 is 0 Å². The van der Waals surface area contributed by atoms with Gasteiger partial charge in [0.1, 0.15) is 0 Å². The van der Waals surface area contributed by atoms with Crippen molar-refractivity contribution in [2.45, 2.75) is 6.18 Å². The van der Waals surface area contributed by atoms with Crippen LogP contribution in [0.1, 0.15) is 5.56 Å². The van der Waals surface area contributed by atoms with Crippen molar-refractivity contribution in [3.8, 4) is 0 Å². The van der Waals surface area contributed by atoms with E-state index in [4.69, 9.17) is 5.73 Å². The van der Waals surface area contributed by atoms with Gasteiger partial charge >= 0.3 is 6.18 Å². The van der Waals surface area contributed by atoms with Gasteiger partial charge in [0.2, 0.25) is 5.91 Å². The van der Waals surface area contributed by atoms with E-state index < -0.39 is 11.7 Å². The van der Waals surface area contributed by atoms with Gasteiger partial charge in [0.05, 0.1) is 12.1 Å². The first-order chi connectivity index (χ1) is 9.36. The lowest BCUT2D eigenvalue weighted by Gasteiger charge is -2.35. The minimum Gasteiger partial charge on any atom is -0.369 e. The van der Waals surface area contributed by atoms with Crippen LogP contribution in [0.25, 0.3) is 0 Å². The van der Waals surface area contributed by atoms with E-state index in [0.717, 1.165) is 17.8 Å². The molecule has 0 aliphatic carbocycles. The Balaban J connectivity index is 1.95. The number of hydrogen-bond donors (Lipinski definition) is 1. The molecule has 20 heavy (non-hydrogen) atoms. The van der Waals surface area contributed by atoms with Gasteiger partial charge in [-0.05, 0) is 24.3 Å². The van der Waals surface area contributed by atoms with Gasteiger partial charge in [0.15, 0.2) is 0 Å². The third-order valence-electron chi connectivity index (χ3n) is 3.31. The highest BCUT2D eigenvalue weighted by Gasteiger charge is 2.30. The zero-order valence-corrected chi connectivity index (χ0v) is 10.9. The first kappa shape index (κ1) is 14.6. The van der Waals surface area contributed by atoms with Crippen molar-refractivity contribution < 1.29 is 18.0 Å². The van der Waals surface area contributed by atoms with Crippen LogP contribution in [-0.4, -0.2) is 43.5 Å². The number of amides is 1. The zero-order valence-electron chi connectivity index (χ0n) is 10.9. The average molecular weight is 287 g/mol. The number of carbonyl (C=O) groups excluding carboxylic acids is 1. The summed E-state index contributed by atoms with van der Waals surface area (Å²) in [5.41, 5.74) is 5.24. The molecule has 0 saturated carbocycles. The normalized spacial score (nSPS) is 17.2. The molecule has 110 valence electrons. The minimum absolute atomic E-state index is 0.223. The highest BCUT2D eigenvalue weighted by molar-refractivity contribution is 5.75. The van der Waals surface area contributed by atoms with E-state index in [1.54, 1.807) is 0 Å². The Hall–Kier alpha value is -1.76. The molecule has 0 aromatic heterocycles. The van der Waals surface area contributed by atoms with Gasteiger partial charge in [-0.3, -0.25) is 9.69 Å². The minimum atomic E-state index is -4.31. The maximum Gasteiger partial charge on any atom is 0.416 e. The number of primary amides is 1.